The minimum atomic E-state index is -0.674. The van der Waals surface area contributed by atoms with Crippen molar-refractivity contribution in [1.29, 1.82) is 0 Å². The van der Waals surface area contributed by atoms with Gasteiger partial charge in [0.25, 0.3) is 5.91 Å². The molecule has 8 heteroatoms. The van der Waals surface area contributed by atoms with Crippen molar-refractivity contribution in [3.63, 3.8) is 0 Å². The number of benzene rings is 2. The van der Waals surface area contributed by atoms with E-state index in [2.05, 4.69) is 10.6 Å². The van der Waals surface area contributed by atoms with Crippen LogP contribution in [-0.2, 0) is 22.7 Å². The van der Waals surface area contributed by atoms with Gasteiger partial charge in [0, 0.05) is 47.9 Å². The van der Waals surface area contributed by atoms with Gasteiger partial charge in [-0.3, -0.25) is 19.7 Å². The van der Waals surface area contributed by atoms with Gasteiger partial charge < -0.3 is 15.3 Å². The number of nitrogens with one attached hydrogen (secondary N) is 2. The van der Waals surface area contributed by atoms with Gasteiger partial charge >= 0.3 is 0 Å². The summed E-state index contributed by atoms with van der Waals surface area (Å²) in [6, 6.07) is 9.55. The van der Waals surface area contributed by atoms with Gasteiger partial charge in [-0.15, -0.1) is 0 Å². The zero-order valence-corrected chi connectivity index (χ0v) is 15.9. The van der Waals surface area contributed by atoms with Crippen LogP contribution in [0.4, 0.5) is 10.1 Å². The highest BCUT2D eigenvalue weighted by molar-refractivity contribution is 6.00. The van der Waals surface area contributed by atoms with E-state index in [9.17, 15) is 23.9 Å². The second-order valence-electron chi connectivity index (χ2n) is 6.94. The highest BCUT2D eigenvalue weighted by atomic mass is 19.1. The van der Waals surface area contributed by atoms with Crippen LogP contribution in [0.25, 0.3) is 0 Å². The fourth-order valence-electron chi connectivity index (χ4n) is 3.40. The first-order chi connectivity index (χ1) is 13.9. The third-order valence-electron chi connectivity index (χ3n) is 5.06. The lowest BCUT2D eigenvalue weighted by Crippen LogP contribution is -2.34. The predicted octanol–water partition coefficient (Wildman–Crippen LogP) is 2.54. The van der Waals surface area contributed by atoms with Gasteiger partial charge in [0.15, 0.2) is 11.6 Å². The third kappa shape index (κ3) is 4.37. The number of carbonyl (C=O) groups is 3. The molecule has 0 unspecified atom stereocenters. The average molecular weight is 399 g/mol. The Bertz CT molecular complexity index is 948. The number of amides is 3. The highest BCUT2D eigenvalue weighted by Gasteiger charge is 2.32. The fraction of sp³-hybridized carbons (Fsp3) is 0.286. The van der Waals surface area contributed by atoms with E-state index in [-0.39, 0.29) is 30.8 Å². The summed E-state index contributed by atoms with van der Waals surface area (Å²) in [5, 5.41) is 14.7. The fourth-order valence-corrected chi connectivity index (χ4v) is 3.40. The van der Waals surface area contributed by atoms with Gasteiger partial charge in [-0.05, 0) is 31.5 Å². The Morgan fingerprint density at radius 3 is 2.83 bits per heavy atom. The Labute approximate surface area is 167 Å². The summed E-state index contributed by atoms with van der Waals surface area (Å²) < 4.78 is 14.0. The maximum atomic E-state index is 14.0. The summed E-state index contributed by atoms with van der Waals surface area (Å²) in [4.78, 5) is 36.3. The Morgan fingerprint density at radius 1 is 1.31 bits per heavy atom. The molecule has 2 aromatic rings. The molecule has 1 aliphatic heterocycles. The number of hydrogen-bond donors (Lipinski definition) is 3. The van der Waals surface area contributed by atoms with Crippen molar-refractivity contribution in [3.8, 4) is 5.75 Å². The molecule has 0 fully saturated rings. The van der Waals surface area contributed by atoms with Gasteiger partial charge in [0.05, 0.1) is 0 Å². The van der Waals surface area contributed by atoms with Crippen LogP contribution in [0.1, 0.15) is 41.3 Å². The average Bonchev–Trinajstić information content (AvgIpc) is 3.05. The third-order valence-corrected chi connectivity index (χ3v) is 5.06. The largest absolute Gasteiger partial charge is 0.505 e. The summed E-state index contributed by atoms with van der Waals surface area (Å²) in [6.07, 6.45) is 0.912. The Morgan fingerprint density at radius 2 is 2.07 bits per heavy atom. The number of phenols is 1. The number of rotatable bonds is 8. The van der Waals surface area contributed by atoms with Crippen LogP contribution >= 0.6 is 0 Å². The zero-order chi connectivity index (χ0) is 21.0. The highest BCUT2D eigenvalue weighted by Crippen LogP contribution is 2.32. The molecule has 0 aromatic heterocycles. The lowest BCUT2D eigenvalue weighted by molar-refractivity contribution is -0.125. The van der Waals surface area contributed by atoms with Crippen molar-refractivity contribution < 1.29 is 23.9 Å². The Hall–Kier alpha value is -3.42. The molecule has 0 spiro atoms. The predicted molar refractivity (Wildman–Crippen MR) is 105 cm³/mol. The standard InChI is InChI=1S/C21H22FN3O4/c1-13(8-9-19(28)24-12-26)25-11-16-15(21(25)29)5-3-6-17(16)23-10-14-4-2-7-18(27)20(14)22/h2-7,12-13,23,27H,8-11H2,1H3,(H,24,26,28)/t13-/m1/s1. The summed E-state index contributed by atoms with van der Waals surface area (Å²) in [6.45, 7) is 2.38. The molecular weight excluding hydrogens is 377 g/mol. The molecule has 3 N–H and O–H groups in total. The van der Waals surface area contributed by atoms with Crippen molar-refractivity contribution >= 4 is 23.9 Å². The van der Waals surface area contributed by atoms with Crippen molar-refractivity contribution in [2.24, 2.45) is 0 Å². The molecule has 29 heavy (non-hydrogen) atoms. The van der Waals surface area contributed by atoms with Crippen LogP contribution in [-0.4, -0.2) is 34.3 Å². The molecule has 0 saturated carbocycles. The smallest absolute Gasteiger partial charge is 0.254 e. The van der Waals surface area contributed by atoms with E-state index in [0.717, 1.165) is 5.56 Å². The van der Waals surface area contributed by atoms with E-state index < -0.39 is 11.6 Å². The topological polar surface area (TPSA) is 98.7 Å². The molecular formula is C21H22FN3O4. The van der Waals surface area contributed by atoms with Crippen molar-refractivity contribution in [1.82, 2.24) is 10.2 Å². The molecule has 1 atom stereocenters. The van der Waals surface area contributed by atoms with E-state index in [1.165, 1.54) is 6.07 Å². The second-order valence-corrected chi connectivity index (χ2v) is 6.94. The molecule has 0 radical (unpaired) electrons. The molecule has 3 amide bonds. The van der Waals surface area contributed by atoms with Gasteiger partial charge in [-0.25, -0.2) is 4.39 Å². The van der Waals surface area contributed by atoms with Crippen LogP contribution < -0.4 is 10.6 Å². The first-order valence-electron chi connectivity index (χ1n) is 9.28. The number of halogens is 1. The van der Waals surface area contributed by atoms with Gasteiger partial charge in [-0.2, -0.15) is 0 Å². The minimum absolute atomic E-state index is 0.129. The Balaban J connectivity index is 1.70. The zero-order valence-electron chi connectivity index (χ0n) is 15.9. The second kappa shape index (κ2) is 8.72. The molecule has 2 aromatic carbocycles. The molecule has 0 aliphatic carbocycles. The maximum Gasteiger partial charge on any atom is 0.254 e. The van der Waals surface area contributed by atoms with Gasteiger partial charge in [-0.1, -0.05) is 18.2 Å². The number of fused-ring (bicyclic) bond motifs is 1. The lowest BCUT2D eigenvalue weighted by Gasteiger charge is -2.24. The molecule has 3 rings (SSSR count). The van der Waals surface area contributed by atoms with Crippen molar-refractivity contribution in [3.05, 3.63) is 58.9 Å². The van der Waals surface area contributed by atoms with Crippen LogP contribution in [0.15, 0.2) is 36.4 Å². The summed E-state index contributed by atoms with van der Waals surface area (Å²) in [5.41, 5.74) is 2.41. The first kappa shape index (κ1) is 20.3. The lowest BCUT2D eigenvalue weighted by atomic mass is 10.1. The summed E-state index contributed by atoms with van der Waals surface area (Å²) >= 11 is 0. The molecule has 7 nitrogen and oxygen atoms in total. The van der Waals surface area contributed by atoms with Crippen molar-refractivity contribution in [2.75, 3.05) is 5.32 Å². The molecule has 1 heterocycles. The van der Waals surface area contributed by atoms with Crippen LogP contribution in [0.5, 0.6) is 5.75 Å². The number of carbonyl (C=O) groups excluding carboxylic acids is 3. The van der Waals surface area contributed by atoms with Crippen LogP contribution in [0.3, 0.4) is 0 Å². The number of phenolic OH excluding ortho intramolecular Hbond substituents is 1. The number of imide groups is 1. The molecule has 0 saturated heterocycles. The van der Waals surface area contributed by atoms with Crippen LogP contribution in [0, 0.1) is 5.82 Å². The number of nitrogens with zero attached hydrogens (tertiary/aromatic N) is 1. The summed E-state index contributed by atoms with van der Waals surface area (Å²) in [5.74, 6) is -1.59. The minimum Gasteiger partial charge on any atom is -0.505 e. The molecule has 1 aliphatic rings. The SMILES string of the molecule is C[C@H](CCC(=O)NC=O)N1Cc2c(NCc3cccc(O)c3F)cccc2C1=O. The maximum absolute atomic E-state index is 14.0. The number of hydrogen-bond acceptors (Lipinski definition) is 5. The first-order valence-corrected chi connectivity index (χ1v) is 9.28. The number of aromatic hydroxyl groups is 1. The normalized spacial score (nSPS) is 13.7. The quantitative estimate of drug-likeness (QED) is 0.593. The monoisotopic (exact) mass is 399 g/mol. The van der Waals surface area contributed by atoms with Crippen molar-refractivity contribution in [2.45, 2.75) is 38.9 Å². The summed E-state index contributed by atoms with van der Waals surface area (Å²) in [7, 11) is 0. The van der Waals surface area contributed by atoms with Crippen LogP contribution in [0.2, 0.25) is 0 Å². The van der Waals surface area contributed by atoms with Gasteiger partial charge in [0.2, 0.25) is 12.3 Å². The molecule has 0 bridgehead atoms. The van der Waals surface area contributed by atoms with Gasteiger partial charge in [0.1, 0.15) is 0 Å². The van der Waals surface area contributed by atoms with E-state index in [4.69, 9.17) is 0 Å². The Kier molecular flexibility index (Phi) is 6.11. The van der Waals surface area contributed by atoms with E-state index in [1.54, 1.807) is 29.2 Å². The van der Waals surface area contributed by atoms with E-state index >= 15 is 0 Å². The van der Waals surface area contributed by atoms with E-state index in [0.29, 0.717) is 36.2 Å². The van der Waals surface area contributed by atoms with E-state index in [1.807, 2.05) is 13.0 Å². The number of anilines is 1. The molecule has 152 valence electrons.